The molecule has 1 saturated carbocycles. The first-order chi connectivity index (χ1) is 8.20. The lowest BCUT2D eigenvalue weighted by atomic mass is 10.1. The molecule has 17 heavy (non-hydrogen) atoms. The zero-order valence-corrected chi connectivity index (χ0v) is 9.67. The maximum Gasteiger partial charge on any atom is 0.225 e. The minimum atomic E-state index is -0.224. The maximum atomic E-state index is 11.7. The summed E-state index contributed by atoms with van der Waals surface area (Å²) in [5.74, 6) is -0.0905. The van der Waals surface area contributed by atoms with Crippen LogP contribution in [0.5, 0.6) is 0 Å². The summed E-state index contributed by atoms with van der Waals surface area (Å²) in [5, 5.41) is 12.1. The molecular formula is C13H18N2O2. The van der Waals surface area contributed by atoms with Crippen LogP contribution in [-0.2, 0) is 11.2 Å². The molecule has 4 N–H and O–H groups in total. The van der Waals surface area contributed by atoms with Crippen molar-refractivity contribution in [1.82, 2.24) is 5.32 Å². The molecule has 92 valence electrons. The number of amides is 1. The number of carbonyl (C=O) groups is 1. The van der Waals surface area contributed by atoms with Crippen molar-refractivity contribution < 1.29 is 9.90 Å². The molecule has 0 spiro atoms. The molecule has 1 aliphatic rings. The molecule has 3 unspecified atom stereocenters. The smallest absolute Gasteiger partial charge is 0.225 e. The molecule has 1 aliphatic carbocycles. The van der Waals surface area contributed by atoms with Crippen molar-refractivity contribution in [2.75, 3.05) is 6.61 Å². The average molecular weight is 234 g/mol. The summed E-state index contributed by atoms with van der Waals surface area (Å²) in [6.45, 7) is -0.0530. The number of hydrogen-bond acceptors (Lipinski definition) is 3. The third kappa shape index (κ3) is 3.28. The fourth-order valence-electron chi connectivity index (χ4n) is 1.88. The van der Waals surface area contributed by atoms with Gasteiger partial charge in [0.2, 0.25) is 5.91 Å². The van der Waals surface area contributed by atoms with Crippen LogP contribution in [0.4, 0.5) is 0 Å². The van der Waals surface area contributed by atoms with Crippen molar-refractivity contribution in [3.63, 3.8) is 0 Å². The van der Waals surface area contributed by atoms with Gasteiger partial charge in [-0.2, -0.15) is 0 Å². The van der Waals surface area contributed by atoms with Crippen molar-refractivity contribution >= 4 is 5.91 Å². The van der Waals surface area contributed by atoms with E-state index in [2.05, 4.69) is 5.32 Å². The van der Waals surface area contributed by atoms with Gasteiger partial charge >= 0.3 is 0 Å². The number of carbonyl (C=O) groups excluding carboxylic acids is 1. The predicted molar refractivity (Wildman–Crippen MR) is 65.2 cm³/mol. The number of rotatable bonds is 5. The van der Waals surface area contributed by atoms with Gasteiger partial charge in [-0.1, -0.05) is 30.3 Å². The first-order valence-electron chi connectivity index (χ1n) is 5.91. The maximum absolute atomic E-state index is 11.7. The molecule has 1 aromatic carbocycles. The Morgan fingerprint density at radius 2 is 2.12 bits per heavy atom. The Morgan fingerprint density at radius 1 is 1.47 bits per heavy atom. The summed E-state index contributed by atoms with van der Waals surface area (Å²) in [4.78, 5) is 11.7. The summed E-state index contributed by atoms with van der Waals surface area (Å²) < 4.78 is 0. The van der Waals surface area contributed by atoms with Crippen LogP contribution in [0.15, 0.2) is 30.3 Å². The van der Waals surface area contributed by atoms with E-state index in [-0.39, 0.29) is 30.5 Å². The van der Waals surface area contributed by atoms with Crippen LogP contribution in [0.3, 0.4) is 0 Å². The summed E-state index contributed by atoms with van der Waals surface area (Å²) >= 11 is 0. The standard InChI is InChI=1S/C13H18N2O2/c14-12-7-11(12)13(17)15-10(8-16)6-9-4-2-1-3-5-9/h1-5,10-12,16H,6-8,14H2,(H,15,17). The molecule has 4 heteroatoms. The topological polar surface area (TPSA) is 75.4 Å². The van der Waals surface area contributed by atoms with E-state index >= 15 is 0 Å². The van der Waals surface area contributed by atoms with Crippen LogP contribution < -0.4 is 11.1 Å². The van der Waals surface area contributed by atoms with Gasteiger partial charge in [0.1, 0.15) is 0 Å². The Balaban J connectivity index is 1.86. The van der Waals surface area contributed by atoms with E-state index in [0.29, 0.717) is 6.42 Å². The Morgan fingerprint density at radius 3 is 2.65 bits per heavy atom. The van der Waals surface area contributed by atoms with Gasteiger partial charge in [-0.15, -0.1) is 0 Å². The van der Waals surface area contributed by atoms with Crippen LogP contribution in [0.25, 0.3) is 0 Å². The molecule has 3 atom stereocenters. The fourth-order valence-corrected chi connectivity index (χ4v) is 1.88. The monoisotopic (exact) mass is 234 g/mol. The van der Waals surface area contributed by atoms with Crippen molar-refractivity contribution in [2.45, 2.75) is 24.9 Å². The van der Waals surface area contributed by atoms with E-state index < -0.39 is 0 Å². The first kappa shape index (κ1) is 12.1. The fraction of sp³-hybridized carbons (Fsp3) is 0.462. The van der Waals surface area contributed by atoms with Gasteiger partial charge in [0, 0.05) is 6.04 Å². The Hall–Kier alpha value is -1.39. The molecule has 1 fully saturated rings. The van der Waals surface area contributed by atoms with Crippen LogP contribution in [0.1, 0.15) is 12.0 Å². The molecule has 1 aromatic rings. The normalized spacial score (nSPS) is 24.1. The van der Waals surface area contributed by atoms with E-state index in [4.69, 9.17) is 5.73 Å². The van der Waals surface area contributed by atoms with E-state index in [1.54, 1.807) is 0 Å². The second-order valence-corrected chi connectivity index (χ2v) is 4.58. The quantitative estimate of drug-likeness (QED) is 0.674. The number of benzene rings is 1. The second-order valence-electron chi connectivity index (χ2n) is 4.58. The third-order valence-corrected chi connectivity index (χ3v) is 3.07. The van der Waals surface area contributed by atoms with Crippen LogP contribution in [-0.4, -0.2) is 29.7 Å². The van der Waals surface area contributed by atoms with Gasteiger partial charge in [0.05, 0.1) is 18.6 Å². The van der Waals surface area contributed by atoms with Gasteiger partial charge in [-0.3, -0.25) is 4.79 Å². The number of aliphatic hydroxyl groups excluding tert-OH is 1. The largest absolute Gasteiger partial charge is 0.394 e. The number of nitrogens with two attached hydrogens (primary N) is 1. The third-order valence-electron chi connectivity index (χ3n) is 3.07. The van der Waals surface area contributed by atoms with Gasteiger partial charge < -0.3 is 16.2 Å². The van der Waals surface area contributed by atoms with Crippen molar-refractivity contribution in [3.8, 4) is 0 Å². The number of aliphatic hydroxyl groups is 1. The minimum absolute atomic E-state index is 0.00562. The van der Waals surface area contributed by atoms with Crippen molar-refractivity contribution in [1.29, 1.82) is 0 Å². The molecule has 1 amide bonds. The molecule has 2 rings (SSSR count). The first-order valence-corrected chi connectivity index (χ1v) is 5.91. The molecule has 0 saturated heterocycles. The molecule has 0 radical (unpaired) electrons. The van der Waals surface area contributed by atoms with E-state index in [1.807, 2.05) is 30.3 Å². The van der Waals surface area contributed by atoms with Crippen molar-refractivity contribution in [2.24, 2.45) is 11.7 Å². The van der Waals surface area contributed by atoms with Crippen LogP contribution in [0, 0.1) is 5.92 Å². The minimum Gasteiger partial charge on any atom is -0.394 e. The highest BCUT2D eigenvalue weighted by Crippen LogP contribution is 2.27. The van der Waals surface area contributed by atoms with Gasteiger partial charge in [0.25, 0.3) is 0 Å². The molecule has 4 nitrogen and oxygen atoms in total. The van der Waals surface area contributed by atoms with Gasteiger partial charge in [-0.25, -0.2) is 0 Å². The average Bonchev–Trinajstić information content (AvgIpc) is 3.07. The lowest BCUT2D eigenvalue weighted by Gasteiger charge is -2.16. The summed E-state index contributed by atoms with van der Waals surface area (Å²) in [5.41, 5.74) is 6.72. The van der Waals surface area contributed by atoms with Crippen molar-refractivity contribution in [3.05, 3.63) is 35.9 Å². The van der Waals surface area contributed by atoms with E-state index in [9.17, 15) is 9.90 Å². The lowest BCUT2D eigenvalue weighted by molar-refractivity contribution is -0.123. The van der Waals surface area contributed by atoms with Crippen LogP contribution in [0.2, 0.25) is 0 Å². The highest BCUT2D eigenvalue weighted by atomic mass is 16.3. The molecule has 0 aliphatic heterocycles. The molecule has 0 aromatic heterocycles. The molecular weight excluding hydrogens is 216 g/mol. The highest BCUT2D eigenvalue weighted by Gasteiger charge is 2.40. The summed E-state index contributed by atoms with van der Waals surface area (Å²) in [6.07, 6.45) is 1.40. The SMILES string of the molecule is NC1CC1C(=O)NC(CO)Cc1ccccc1. The second kappa shape index (κ2) is 5.29. The Kier molecular flexibility index (Phi) is 3.76. The zero-order valence-electron chi connectivity index (χ0n) is 9.67. The zero-order chi connectivity index (χ0) is 12.3. The summed E-state index contributed by atoms with van der Waals surface area (Å²) in [6, 6.07) is 9.59. The Labute approximate surface area is 101 Å². The summed E-state index contributed by atoms with van der Waals surface area (Å²) in [7, 11) is 0. The number of nitrogens with one attached hydrogen (secondary N) is 1. The lowest BCUT2D eigenvalue weighted by Crippen LogP contribution is -2.40. The van der Waals surface area contributed by atoms with Gasteiger partial charge in [0.15, 0.2) is 0 Å². The highest BCUT2D eigenvalue weighted by molar-refractivity contribution is 5.82. The predicted octanol–water partition coefficient (Wildman–Crippen LogP) is 0.0534. The Bertz CT molecular complexity index is 380. The molecule has 0 heterocycles. The molecule has 0 bridgehead atoms. The number of hydrogen-bond donors (Lipinski definition) is 3. The van der Waals surface area contributed by atoms with E-state index in [1.165, 1.54) is 0 Å². The van der Waals surface area contributed by atoms with E-state index in [0.717, 1.165) is 12.0 Å². The van der Waals surface area contributed by atoms with Crippen LogP contribution >= 0.6 is 0 Å². The van der Waals surface area contributed by atoms with Gasteiger partial charge in [-0.05, 0) is 18.4 Å².